The van der Waals surface area contributed by atoms with E-state index in [9.17, 15) is 4.79 Å². The van der Waals surface area contributed by atoms with Crippen LogP contribution >= 0.6 is 11.8 Å². The van der Waals surface area contributed by atoms with Crippen LogP contribution in [0.2, 0.25) is 0 Å². The molecule has 0 aromatic heterocycles. The van der Waals surface area contributed by atoms with Crippen molar-refractivity contribution in [1.29, 1.82) is 0 Å². The van der Waals surface area contributed by atoms with Crippen LogP contribution in [0.3, 0.4) is 0 Å². The number of hydrogen-bond acceptors (Lipinski definition) is 4. The van der Waals surface area contributed by atoms with E-state index < -0.39 is 5.54 Å². The Hall–Kier alpha value is -0.220. The number of nitrogens with one attached hydrogen (secondary N) is 1. The molecular formula is C14H27NO2S. The highest BCUT2D eigenvalue weighted by molar-refractivity contribution is 8.00. The Kier molecular flexibility index (Phi) is 6.50. The van der Waals surface area contributed by atoms with E-state index in [0.29, 0.717) is 11.9 Å². The van der Waals surface area contributed by atoms with Crippen LogP contribution in [0, 0.1) is 5.92 Å². The summed E-state index contributed by atoms with van der Waals surface area (Å²) in [7, 11) is 1.83. The van der Waals surface area contributed by atoms with Gasteiger partial charge in [0.15, 0.2) is 0 Å². The SMILES string of the molecule is CCOC(=O)C(C)(CSC1CCCC(C)C1)NC. The molecule has 1 N–H and O–H groups in total. The molecule has 0 bridgehead atoms. The van der Waals surface area contributed by atoms with Crippen LogP contribution in [0.25, 0.3) is 0 Å². The lowest BCUT2D eigenvalue weighted by molar-refractivity contribution is -0.149. The Labute approximate surface area is 115 Å². The number of esters is 1. The van der Waals surface area contributed by atoms with Crippen LogP contribution in [-0.4, -0.2) is 36.2 Å². The van der Waals surface area contributed by atoms with Gasteiger partial charge in [-0.1, -0.05) is 19.8 Å². The number of likely N-dealkylation sites (N-methyl/N-ethyl adjacent to an activating group) is 1. The molecule has 3 nitrogen and oxygen atoms in total. The summed E-state index contributed by atoms with van der Waals surface area (Å²) >= 11 is 1.92. The molecule has 1 aliphatic carbocycles. The predicted molar refractivity (Wildman–Crippen MR) is 78.0 cm³/mol. The predicted octanol–water partition coefficient (Wildman–Crippen LogP) is 2.84. The Morgan fingerprint density at radius 1 is 1.50 bits per heavy atom. The largest absolute Gasteiger partial charge is 0.465 e. The van der Waals surface area contributed by atoms with Crippen molar-refractivity contribution >= 4 is 17.7 Å². The van der Waals surface area contributed by atoms with E-state index in [1.807, 2.05) is 32.7 Å². The van der Waals surface area contributed by atoms with Gasteiger partial charge in [0.1, 0.15) is 5.54 Å². The van der Waals surface area contributed by atoms with Gasteiger partial charge >= 0.3 is 5.97 Å². The molecule has 1 fully saturated rings. The molecule has 18 heavy (non-hydrogen) atoms. The van der Waals surface area contributed by atoms with Gasteiger partial charge in [0, 0.05) is 11.0 Å². The van der Waals surface area contributed by atoms with Crippen molar-refractivity contribution in [2.24, 2.45) is 5.92 Å². The van der Waals surface area contributed by atoms with Crippen LogP contribution in [0.15, 0.2) is 0 Å². The summed E-state index contributed by atoms with van der Waals surface area (Å²) in [5.41, 5.74) is -0.554. The van der Waals surface area contributed by atoms with Crippen LogP contribution in [0.1, 0.15) is 46.5 Å². The van der Waals surface area contributed by atoms with Gasteiger partial charge in [-0.2, -0.15) is 11.8 Å². The molecule has 3 atom stereocenters. The van der Waals surface area contributed by atoms with Crippen molar-refractivity contribution in [3.05, 3.63) is 0 Å². The quantitative estimate of drug-likeness (QED) is 0.755. The van der Waals surface area contributed by atoms with Crippen LogP contribution in [-0.2, 0) is 9.53 Å². The summed E-state index contributed by atoms with van der Waals surface area (Å²) in [6, 6.07) is 0. The summed E-state index contributed by atoms with van der Waals surface area (Å²) in [5, 5.41) is 3.82. The molecule has 0 aromatic rings. The first-order valence-corrected chi connectivity index (χ1v) is 8.04. The molecule has 0 amide bonds. The molecule has 0 saturated heterocycles. The van der Waals surface area contributed by atoms with Gasteiger partial charge in [-0.25, -0.2) is 0 Å². The van der Waals surface area contributed by atoms with Crippen molar-refractivity contribution in [2.45, 2.75) is 57.2 Å². The zero-order valence-electron chi connectivity index (χ0n) is 12.1. The Balaban J connectivity index is 2.45. The molecule has 1 aliphatic rings. The monoisotopic (exact) mass is 273 g/mol. The molecule has 0 spiro atoms. The first kappa shape index (κ1) is 15.8. The van der Waals surface area contributed by atoms with Crippen molar-refractivity contribution in [3.8, 4) is 0 Å². The summed E-state index contributed by atoms with van der Waals surface area (Å²) in [5.74, 6) is 1.49. The first-order valence-electron chi connectivity index (χ1n) is 6.99. The third kappa shape index (κ3) is 4.47. The summed E-state index contributed by atoms with van der Waals surface area (Å²) < 4.78 is 5.14. The van der Waals surface area contributed by atoms with E-state index >= 15 is 0 Å². The fourth-order valence-corrected chi connectivity index (χ4v) is 3.97. The highest BCUT2D eigenvalue weighted by Crippen LogP contribution is 2.33. The lowest BCUT2D eigenvalue weighted by Gasteiger charge is -2.31. The average Bonchev–Trinajstić information content (AvgIpc) is 2.36. The molecule has 0 radical (unpaired) electrons. The summed E-state index contributed by atoms with van der Waals surface area (Å²) in [4.78, 5) is 11.9. The zero-order valence-corrected chi connectivity index (χ0v) is 12.9. The highest BCUT2D eigenvalue weighted by Gasteiger charge is 2.34. The van der Waals surface area contributed by atoms with Crippen molar-refractivity contribution in [1.82, 2.24) is 5.32 Å². The number of ether oxygens (including phenoxy) is 1. The maximum atomic E-state index is 11.9. The summed E-state index contributed by atoms with van der Waals surface area (Å²) in [6.07, 6.45) is 5.26. The van der Waals surface area contributed by atoms with Crippen LogP contribution in [0.5, 0.6) is 0 Å². The van der Waals surface area contributed by atoms with Crippen LogP contribution < -0.4 is 5.32 Å². The van der Waals surface area contributed by atoms with E-state index in [4.69, 9.17) is 4.74 Å². The lowest BCUT2D eigenvalue weighted by Crippen LogP contribution is -2.51. The number of carbonyl (C=O) groups excluding carboxylic acids is 1. The number of rotatable bonds is 6. The van der Waals surface area contributed by atoms with Crippen molar-refractivity contribution in [2.75, 3.05) is 19.4 Å². The number of carbonyl (C=O) groups is 1. The Morgan fingerprint density at radius 2 is 2.22 bits per heavy atom. The average molecular weight is 273 g/mol. The second-order valence-electron chi connectivity index (χ2n) is 5.51. The zero-order chi connectivity index (χ0) is 13.6. The minimum atomic E-state index is -0.554. The second-order valence-corrected chi connectivity index (χ2v) is 6.80. The van der Waals surface area contributed by atoms with Gasteiger partial charge in [-0.05, 0) is 39.7 Å². The van der Waals surface area contributed by atoms with Gasteiger partial charge in [-0.15, -0.1) is 0 Å². The molecule has 4 heteroatoms. The first-order chi connectivity index (χ1) is 8.51. The smallest absolute Gasteiger partial charge is 0.326 e. The van der Waals surface area contributed by atoms with Gasteiger partial charge in [0.05, 0.1) is 6.61 Å². The standard InChI is InChI=1S/C14H27NO2S/c1-5-17-13(16)14(3,15-4)10-18-12-8-6-7-11(2)9-12/h11-12,15H,5-10H2,1-4H3. The Bertz CT molecular complexity index is 273. The topological polar surface area (TPSA) is 38.3 Å². The molecule has 106 valence electrons. The minimum absolute atomic E-state index is 0.135. The lowest BCUT2D eigenvalue weighted by atomic mass is 9.91. The Morgan fingerprint density at radius 3 is 2.78 bits per heavy atom. The molecular weight excluding hydrogens is 246 g/mol. The molecule has 0 aromatic carbocycles. The fraction of sp³-hybridized carbons (Fsp3) is 0.929. The van der Waals surface area contributed by atoms with E-state index in [-0.39, 0.29) is 5.97 Å². The molecule has 1 rings (SSSR count). The molecule has 0 heterocycles. The maximum Gasteiger partial charge on any atom is 0.326 e. The van der Waals surface area contributed by atoms with E-state index in [1.54, 1.807) is 0 Å². The number of hydrogen-bond donors (Lipinski definition) is 1. The second kappa shape index (κ2) is 7.39. The number of thioether (sulfide) groups is 1. The minimum Gasteiger partial charge on any atom is -0.465 e. The summed E-state index contributed by atoms with van der Waals surface area (Å²) in [6.45, 7) is 6.56. The van der Waals surface area contributed by atoms with Gasteiger partial charge in [-0.3, -0.25) is 4.79 Å². The normalized spacial score (nSPS) is 27.6. The third-order valence-electron chi connectivity index (χ3n) is 3.77. The molecule has 1 saturated carbocycles. The van der Waals surface area contributed by atoms with Crippen LogP contribution in [0.4, 0.5) is 0 Å². The molecule has 3 unspecified atom stereocenters. The third-order valence-corrected chi connectivity index (χ3v) is 5.42. The van der Waals surface area contributed by atoms with Crippen molar-refractivity contribution < 1.29 is 9.53 Å². The van der Waals surface area contributed by atoms with Gasteiger partial charge in [0.2, 0.25) is 0 Å². The van der Waals surface area contributed by atoms with E-state index in [2.05, 4.69) is 12.2 Å². The van der Waals surface area contributed by atoms with Crippen molar-refractivity contribution in [3.63, 3.8) is 0 Å². The van der Waals surface area contributed by atoms with Gasteiger partial charge in [0.25, 0.3) is 0 Å². The maximum absolute atomic E-state index is 11.9. The van der Waals surface area contributed by atoms with E-state index in [0.717, 1.165) is 11.7 Å². The van der Waals surface area contributed by atoms with Gasteiger partial charge < -0.3 is 10.1 Å². The fourth-order valence-electron chi connectivity index (χ4n) is 2.34. The molecule has 0 aliphatic heterocycles. The van der Waals surface area contributed by atoms with E-state index in [1.165, 1.54) is 25.7 Å². The highest BCUT2D eigenvalue weighted by atomic mass is 32.2.